The van der Waals surface area contributed by atoms with E-state index in [0.29, 0.717) is 17.5 Å². The summed E-state index contributed by atoms with van der Waals surface area (Å²) in [6.07, 6.45) is 1.73. The number of piperazine rings is 1. The Bertz CT molecular complexity index is 604. The Morgan fingerprint density at radius 2 is 2.00 bits per heavy atom. The van der Waals surface area contributed by atoms with Crippen LogP contribution in [0.4, 0.5) is 4.39 Å². The highest BCUT2D eigenvalue weighted by Gasteiger charge is 2.21. The van der Waals surface area contributed by atoms with Crippen molar-refractivity contribution in [1.29, 1.82) is 0 Å². The van der Waals surface area contributed by atoms with Crippen molar-refractivity contribution in [3.8, 4) is 0 Å². The first-order valence-corrected chi connectivity index (χ1v) is 7.14. The molecule has 0 saturated carbocycles. The lowest BCUT2D eigenvalue weighted by Crippen LogP contribution is -2.53. The molecule has 20 heavy (non-hydrogen) atoms. The molecule has 0 spiro atoms. The van der Waals surface area contributed by atoms with Gasteiger partial charge in [0.05, 0.1) is 5.52 Å². The number of pyridine rings is 1. The summed E-state index contributed by atoms with van der Waals surface area (Å²) in [6.45, 7) is 7.24. The number of aromatic nitrogens is 1. The van der Waals surface area contributed by atoms with Crippen molar-refractivity contribution >= 4 is 10.9 Å². The van der Waals surface area contributed by atoms with E-state index in [9.17, 15) is 4.39 Å². The number of halogens is 1. The molecular formula is C16H20FN3. The summed E-state index contributed by atoms with van der Waals surface area (Å²) < 4.78 is 13.8. The molecule has 1 aliphatic rings. The maximum atomic E-state index is 13.8. The predicted molar refractivity (Wildman–Crippen MR) is 79.0 cm³/mol. The minimum atomic E-state index is -0.195. The van der Waals surface area contributed by atoms with Crippen molar-refractivity contribution in [2.24, 2.45) is 0 Å². The first-order valence-electron chi connectivity index (χ1n) is 7.14. The van der Waals surface area contributed by atoms with E-state index in [1.807, 2.05) is 6.07 Å². The van der Waals surface area contributed by atoms with E-state index >= 15 is 0 Å². The first kappa shape index (κ1) is 13.5. The molecule has 0 radical (unpaired) electrons. The van der Waals surface area contributed by atoms with Crippen molar-refractivity contribution in [2.45, 2.75) is 32.5 Å². The third kappa shape index (κ3) is 2.67. The van der Waals surface area contributed by atoms with Gasteiger partial charge in [-0.05, 0) is 37.6 Å². The van der Waals surface area contributed by atoms with E-state index in [0.717, 1.165) is 30.7 Å². The third-order valence-corrected chi connectivity index (χ3v) is 3.83. The SMILES string of the molecule is CC1CN(Cc2ccc(F)c3cccnc23)CC(C)N1. The number of fused-ring (bicyclic) bond motifs is 1. The molecule has 0 amide bonds. The Morgan fingerprint density at radius 1 is 1.25 bits per heavy atom. The minimum absolute atomic E-state index is 0.195. The Hall–Kier alpha value is -1.52. The van der Waals surface area contributed by atoms with Crippen LogP contribution in [0.5, 0.6) is 0 Å². The molecule has 106 valence electrons. The molecule has 1 N–H and O–H groups in total. The van der Waals surface area contributed by atoms with Crippen LogP contribution >= 0.6 is 0 Å². The van der Waals surface area contributed by atoms with Crippen LogP contribution in [0.15, 0.2) is 30.5 Å². The topological polar surface area (TPSA) is 28.2 Å². The smallest absolute Gasteiger partial charge is 0.132 e. The van der Waals surface area contributed by atoms with Crippen molar-refractivity contribution < 1.29 is 4.39 Å². The highest BCUT2D eigenvalue weighted by molar-refractivity contribution is 5.82. The van der Waals surface area contributed by atoms with Crippen LogP contribution in [0.3, 0.4) is 0 Å². The molecule has 2 atom stereocenters. The van der Waals surface area contributed by atoms with Crippen LogP contribution in [0.25, 0.3) is 10.9 Å². The van der Waals surface area contributed by atoms with Crippen molar-refractivity contribution in [3.05, 3.63) is 41.8 Å². The van der Waals surface area contributed by atoms with E-state index in [2.05, 4.69) is 29.0 Å². The highest BCUT2D eigenvalue weighted by atomic mass is 19.1. The summed E-state index contributed by atoms with van der Waals surface area (Å²) in [5, 5.41) is 4.14. The quantitative estimate of drug-likeness (QED) is 0.911. The molecule has 1 aliphatic heterocycles. The number of hydrogen-bond acceptors (Lipinski definition) is 3. The van der Waals surface area contributed by atoms with E-state index in [-0.39, 0.29) is 5.82 Å². The largest absolute Gasteiger partial charge is 0.309 e. The molecule has 4 heteroatoms. The fourth-order valence-electron chi connectivity index (χ4n) is 3.13. The zero-order chi connectivity index (χ0) is 14.1. The van der Waals surface area contributed by atoms with E-state index in [1.54, 1.807) is 24.4 Å². The highest BCUT2D eigenvalue weighted by Crippen LogP contribution is 2.21. The Labute approximate surface area is 118 Å². The first-order chi connectivity index (χ1) is 9.63. The maximum Gasteiger partial charge on any atom is 0.132 e. The number of benzene rings is 1. The molecule has 2 unspecified atom stereocenters. The Morgan fingerprint density at radius 3 is 2.75 bits per heavy atom. The zero-order valence-corrected chi connectivity index (χ0v) is 11.9. The molecule has 1 aromatic heterocycles. The van der Waals surface area contributed by atoms with Crippen LogP contribution in [0.1, 0.15) is 19.4 Å². The average molecular weight is 273 g/mol. The van der Waals surface area contributed by atoms with Crippen molar-refractivity contribution in [3.63, 3.8) is 0 Å². The minimum Gasteiger partial charge on any atom is -0.309 e. The van der Waals surface area contributed by atoms with Gasteiger partial charge in [0.2, 0.25) is 0 Å². The molecular weight excluding hydrogens is 253 g/mol. The lowest BCUT2D eigenvalue weighted by atomic mass is 10.1. The van der Waals surface area contributed by atoms with Gasteiger partial charge in [0.25, 0.3) is 0 Å². The number of nitrogens with one attached hydrogen (secondary N) is 1. The molecule has 2 aromatic rings. The number of rotatable bonds is 2. The predicted octanol–water partition coefficient (Wildman–Crippen LogP) is 2.56. The van der Waals surface area contributed by atoms with Crippen LogP contribution < -0.4 is 5.32 Å². The van der Waals surface area contributed by atoms with Gasteiger partial charge >= 0.3 is 0 Å². The third-order valence-electron chi connectivity index (χ3n) is 3.83. The molecule has 0 bridgehead atoms. The van der Waals surface area contributed by atoms with Crippen molar-refractivity contribution in [2.75, 3.05) is 13.1 Å². The standard InChI is InChI=1S/C16H20FN3/c1-11-8-20(9-12(2)19-11)10-13-5-6-15(17)14-4-3-7-18-16(13)14/h3-7,11-12,19H,8-10H2,1-2H3. The molecule has 3 rings (SSSR count). The van der Waals surface area contributed by atoms with Crippen LogP contribution in [-0.4, -0.2) is 35.1 Å². The van der Waals surface area contributed by atoms with Crippen LogP contribution in [-0.2, 0) is 6.54 Å². The summed E-state index contributed by atoms with van der Waals surface area (Å²) in [7, 11) is 0. The molecule has 2 heterocycles. The molecule has 1 aromatic carbocycles. The lowest BCUT2D eigenvalue weighted by molar-refractivity contribution is 0.167. The van der Waals surface area contributed by atoms with E-state index < -0.39 is 0 Å². The monoisotopic (exact) mass is 273 g/mol. The van der Waals surface area contributed by atoms with Gasteiger partial charge in [-0.3, -0.25) is 9.88 Å². The van der Waals surface area contributed by atoms with Crippen molar-refractivity contribution in [1.82, 2.24) is 15.2 Å². The van der Waals surface area contributed by atoms with Gasteiger partial charge in [0.15, 0.2) is 0 Å². The second-order valence-electron chi connectivity index (χ2n) is 5.77. The summed E-state index contributed by atoms with van der Waals surface area (Å²) in [6, 6.07) is 7.96. The molecule has 1 saturated heterocycles. The van der Waals surface area contributed by atoms with Gasteiger partial charge in [-0.25, -0.2) is 4.39 Å². The summed E-state index contributed by atoms with van der Waals surface area (Å²) in [4.78, 5) is 6.77. The summed E-state index contributed by atoms with van der Waals surface area (Å²) >= 11 is 0. The second kappa shape index (κ2) is 5.46. The zero-order valence-electron chi connectivity index (χ0n) is 11.9. The lowest BCUT2D eigenvalue weighted by Gasteiger charge is -2.36. The van der Waals surface area contributed by atoms with E-state index in [4.69, 9.17) is 0 Å². The number of hydrogen-bond donors (Lipinski definition) is 1. The fourth-order valence-corrected chi connectivity index (χ4v) is 3.13. The van der Waals surface area contributed by atoms with Gasteiger partial charge in [-0.2, -0.15) is 0 Å². The van der Waals surface area contributed by atoms with Gasteiger partial charge in [0, 0.05) is 43.3 Å². The molecule has 3 nitrogen and oxygen atoms in total. The maximum absolute atomic E-state index is 13.8. The normalized spacial score (nSPS) is 24.1. The van der Waals surface area contributed by atoms with Crippen LogP contribution in [0, 0.1) is 5.82 Å². The summed E-state index contributed by atoms with van der Waals surface area (Å²) in [5.41, 5.74) is 1.88. The fraction of sp³-hybridized carbons (Fsp3) is 0.438. The summed E-state index contributed by atoms with van der Waals surface area (Å²) in [5.74, 6) is -0.195. The Kier molecular flexibility index (Phi) is 3.68. The number of nitrogens with zero attached hydrogens (tertiary/aromatic N) is 2. The second-order valence-corrected chi connectivity index (χ2v) is 5.77. The average Bonchev–Trinajstić information content (AvgIpc) is 2.41. The van der Waals surface area contributed by atoms with Gasteiger partial charge in [-0.15, -0.1) is 0 Å². The molecule has 0 aliphatic carbocycles. The Balaban J connectivity index is 1.89. The van der Waals surface area contributed by atoms with Gasteiger partial charge in [0.1, 0.15) is 5.82 Å². The van der Waals surface area contributed by atoms with Crippen LogP contribution in [0.2, 0.25) is 0 Å². The van der Waals surface area contributed by atoms with Gasteiger partial charge in [-0.1, -0.05) is 6.07 Å². The van der Waals surface area contributed by atoms with E-state index in [1.165, 1.54) is 0 Å². The molecule has 1 fully saturated rings. The van der Waals surface area contributed by atoms with Gasteiger partial charge < -0.3 is 5.32 Å².